The maximum absolute atomic E-state index is 12.7. The van der Waals surface area contributed by atoms with Crippen molar-refractivity contribution < 1.29 is 22.7 Å². The van der Waals surface area contributed by atoms with E-state index in [1.165, 1.54) is 18.3 Å². The third kappa shape index (κ3) is 3.55. The molecule has 1 saturated carbocycles. The highest BCUT2D eigenvalue weighted by Gasteiger charge is 2.43. The van der Waals surface area contributed by atoms with Crippen LogP contribution < -0.4 is 0 Å². The Morgan fingerprint density at radius 1 is 1.45 bits per heavy atom. The minimum absolute atomic E-state index is 0.0342. The van der Waals surface area contributed by atoms with Crippen molar-refractivity contribution in [3.63, 3.8) is 0 Å². The van der Waals surface area contributed by atoms with Gasteiger partial charge in [0, 0.05) is 12.5 Å². The van der Waals surface area contributed by atoms with Gasteiger partial charge in [0.15, 0.2) is 11.9 Å². The minimum Gasteiger partial charge on any atom is -0.448 e. The molecular formula is C19H17F3N4O2S. The molecule has 10 heteroatoms. The summed E-state index contributed by atoms with van der Waals surface area (Å²) in [5, 5.41) is 10.9. The van der Waals surface area contributed by atoms with Crippen LogP contribution in [0.2, 0.25) is 0 Å². The van der Waals surface area contributed by atoms with Crippen LogP contribution in [0.5, 0.6) is 0 Å². The molecule has 6 nitrogen and oxygen atoms in total. The van der Waals surface area contributed by atoms with Crippen molar-refractivity contribution in [1.29, 1.82) is 5.26 Å². The molecule has 0 aromatic carbocycles. The van der Waals surface area contributed by atoms with Gasteiger partial charge in [-0.1, -0.05) is 0 Å². The lowest BCUT2D eigenvalue weighted by molar-refractivity contribution is -0.205. The Labute approximate surface area is 167 Å². The quantitative estimate of drug-likeness (QED) is 0.549. The first-order chi connectivity index (χ1) is 13.8. The van der Waals surface area contributed by atoms with Crippen LogP contribution >= 0.6 is 11.3 Å². The number of aromatic nitrogens is 3. The number of rotatable bonds is 4. The second kappa shape index (κ2) is 7.30. The zero-order valence-electron chi connectivity index (χ0n) is 15.4. The van der Waals surface area contributed by atoms with E-state index in [0.717, 1.165) is 35.0 Å². The highest BCUT2D eigenvalue weighted by atomic mass is 32.1. The van der Waals surface area contributed by atoms with Crippen molar-refractivity contribution in [3.05, 3.63) is 23.5 Å². The smallest absolute Gasteiger partial charge is 0.448 e. The highest BCUT2D eigenvalue weighted by Crippen LogP contribution is 2.42. The lowest BCUT2D eigenvalue weighted by atomic mass is 10.1. The van der Waals surface area contributed by atoms with Gasteiger partial charge in [-0.3, -0.25) is 4.98 Å². The fraction of sp³-hybridized carbons (Fsp3) is 0.474. The van der Waals surface area contributed by atoms with Gasteiger partial charge in [0.2, 0.25) is 0 Å². The van der Waals surface area contributed by atoms with E-state index in [-0.39, 0.29) is 17.8 Å². The summed E-state index contributed by atoms with van der Waals surface area (Å²) >= 11 is 1.48. The van der Waals surface area contributed by atoms with Crippen LogP contribution in [-0.2, 0) is 9.53 Å². The summed E-state index contributed by atoms with van der Waals surface area (Å²) in [6, 6.07) is 4.03. The maximum atomic E-state index is 12.7. The van der Waals surface area contributed by atoms with Gasteiger partial charge in [-0.25, -0.2) is 9.78 Å². The fourth-order valence-electron chi connectivity index (χ4n) is 4.03. The SMILES string of the molecule is C[C@@H](OC(=O)C(F)(F)F)c1nc2cnc3ccsc3c2n1[C@H]1CCC(CC#N)C1. The number of pyridine rings is 1. The number of carbonyl (C=O) groups excluding carboxylic acids is 1. The highest BCUT2D eigenvalue weighted by molar-refractivity contribution is 7.18. The molecule has 0 amide bonds. The summed E-state index contributed by atoms with van der Waals surface area (Å²) in [5.74, 6) is -1.75. The summed E-state index contributed by atoms with van der Waals surface area (Å²) in [5.41, 5.74) is 2.12. The van der Waals surface area contributed by atoms with Gasteiger partial charge in [-0.15, -0.1) is 11.3 Å². The molecule has 0 N–H and O–H groups in total. The molecule has 1 aliphatic carbocycles. The summed E-state index contributed by atoms with van der Waals surface area (Å²) in [6.45, 7) is 1.39. The molecule has 1 fully saturated rings. The molecule has 3 aromatic heterocycles. The van der Waals surface area contributed by atoms with E-state index in [2.05, 4.69) is 20.8 Å². The summed E-state index contributed by atoms with van der Waals surface area (Å²) in [6.07, 6.45) is -1.87. The molecule has 0 aliphatic heterocycles. The number of halogens is 3. The first kappa shape index (κ1) is 19.6. The second-order valence-corrected chi connectivity index (χ2v) is 8.12. The number of thiophene rings is 1. The van der Waals surface area contributed by atoms with E-state index < -0.39 is 18.2 Å². The van der Waals surface area contributed by atoms with Crippen molar-refractivity contribution in [2.75, 3.05) is 0 Å². The molecule has 0 bridgehead atoms. The van der Waals surface area contributed by atoms with Gasteiger partial charge in [0.25, 0.3) is 0 Å². The van der Waals surface area contributed by atoms with Crippen LogP contribution in [0.3, 0.4) is 0 Å². The Bertz CT molecular complexity index is 1110. The lowest BCUT2D eigenvalue weighted by Gasteiger charge is -2.21. The zero-order valence-corrected chi connectivity index (χ0v) is 16.3. The largest absolute Gasteiger partial charge is 0.490 e. The van der Waals surface area contributed by atoms with Crippen LogP contribution in [0.4, 0.5) is 13.2 Å². The average molecular weight is 422 g/mol. The Hall–Kier alpha value is -2.67. The maximum Gasteiger partial charge on any atom is 0.490 e. The van der Waals surface area contributed by atoms with Crippen LogP contribution in [0.25, 0.3) is 21.3 Å². The number of imidazole rings is 1. The summed E-state index contributed by atoms with van der Waals surface area (Å²) < 4.78 is 45.6. The third-order valence-electron chi connectivity index (χ3n) is 5.29. The molecule has 1 aliphatic rings. The van der Waals surface area contributed by atoms with Crippen molar-refractivity contribution in [2.45, 2.75) is 50.9 Å². The first-order valence-corrected chi connectivity index (χ1v) is 10.1. The predicted molar refractivity (Wildman–Crippen MR) is 100 cm³/mol. The standard InChI is InChI=1S/C19H17F3N4O2S/c1-10(28-18(27)19(20,21)22)17-25-14-9-24-13-5-7-29-16(13)15(14)26(17)12-3-2-11(8-12)4-6-23/h5,7,9-12H,2-4,8H2,1H3/t10-,11?,12+/m1/s1. The van der Waals surface area contributed by atoms with E-state index in [1.54, 1.807) is 6.20 Å². The van der Waals surface area contributed by atoms with Crippen molar-refractivity contribution in [2.24, 2.45) is 5.92 Å². The second-order valence-electron chi connectivity index (χ2n) is 7.21. The van der Waals surface area contributed by atoms with Crippen molar-refractivity contribution in [3.8, 4) is 6.07 Å². The molecule has 4 rings (SSSR count). The molecule has 0 spiro atoms. The fourth-order valence-corrected chi connectivity index (χ4v) is 4.92. The van der Waals surface area contributed by atoms with Gasteiger partial charge in [-0.2, -0.15) is 18.4 Å². The molecule has 29 heavy (non-hydrogen) atoms. The van der Waals surface area contributed by atoms with E-state index in [4.69, 9.17) is 5.26 Å². The van der Waals surface area contributed by atoms with E-state index in [0.29, 0.717) is 11.9 Å². The third-order valence-corrected chi connectivity index (χ3v) is 6.20. The molecule has 0 radical (unpaired) electrons. The number of nitriles is 1. The number of ether oxygens (including phenoxy) is 1. The monoisotopic (exact) mass is 422 g/mol. The Kier molecular flexibility index (Phi) is 4.94. The molecular weight excluding hydrogens is 405 g/mol. The molecule has 1 unspecified atom stereocenters. The minimum atomic E-state index is -5.07. The van der Waals surface area contributed by atoms with Gasteiger partial charge in [-0.05, 0) is 43.6 Å². The van der Waals surface area contributed by atoms with Gasteiger partial charge >= 0.3 is 12.1 Å². The number of alkyl halides is 3. The van der Waals surface area contributed by atoms with Crippen molar-refractivity contribution in [1.82, 2.24) is 14.5 Å². The van der Waals surface area contributed by atoms with E-state index in [1.807, 2.05) is 16.0 Å². The molecule has 152 valence electrons. The summed E-state index contributed by atoms with van der Waals surface area (Å²) in [4.78, 5) is 20.2. The zero-order chi connectivity index (χ0) is 20.8. The molecule has 3 heterocycles. The number of hydrogen-bond acceptors (Lipinski definition) is 6. The van der Waals surface area contributed by atoms with Gasteiger partial charge in [0.05, 0.1) is 28.0 Å². The predicted octanol–water partition coefficient (Wildman–Crippen LogP) is 5.07. The van der Waals surface area contributed by atoms with Crippen LogP contribution in [0.15, 0.2) is 17.6 Å². The van der Waals surface area contributed by atoms with Crippen molar-refractivity contribution >= 4 is 38.6 Å². The number of esters is 1. The number of carbonyl (C=O) groups is 1. The van der Waals surface area contributed by atoms with Gasteiger partial charge in [0.1, 0.15) is 5.52 Å². The molecule has 3 aromatic rings. The van der Waals surface area contributed by atoms with Crippen LogP contribution in [-0.4, -0.2) is 26.7 Å². The van der Waals surface area contributed by atoms with E-state index in [9.17, 15) is 18.0 Å². The van der Waals surface area contributed by atoms with Gasteiger partial charge < -0.3 is 9.30 Å². The van der Waals surface area contributed by atoms with Crippen LogP contribution in [0.1, 0.15) is 50.6 Å². The average Bonchev–Trinajstić information content (AvgIpc) is 3.37. The Balaban J connectivity index is 1.81. The molecule has 0 saturated heterocycles. The lowest BCUT2D eigenvalue weighted by Crippen LogP contribution is -2.27. The summed E-state index contributed by atoms with van der Waals surface area (Å²) in [7, 11) is 0. The number of fused-ring (bicyclic) bond motifs is 3. The van der Waals surface area contributed by atoms with E-state index >= 15 is 0 Å². The Morgan fingerprint density at radius 3 is 2.97 bits per heavy atom. The van der Waals surface area contributed by atoms with Crippen LogP contribution in [0, 0.1) is 17.2 Å². The normalized spacial score (nSPS) is 20.8. The Morgan fingerprint density at radius 2 is 2.24 bits per heavy atom. The first-order valence-electron chi connectivity index (χ1n) is 9.18. The number of nitrogens with zero attached hydrogens (tertiary/aromatic N) is 4. The molecule has 3 atom stereocenters. The topological polar surface area (TPSA) is 80.8 Å². The number of hydrogen-bond donors (Lipinski definition) is 0.